The van der Waals surface area contributed by atoms with Gasteiger partial charge in [0.05, 0.1) is 11.2 Å². The van der Waals surface area contributed by atoms with Crippen LogP contribution >= 0.6 is 0 Å². The molecule has 104 valence electrons. The maximum Gasteiger partial charge on any atom is 0.492 e. The molecule has 2 aliphatic heterocycles. The van der Waals surface area contributed by atoms with Crippen molar-refractivity contribution in [1.29, 1.82) is 0 Å². The molecule has 0 N–H and O–H groups in total. The Bertz CT molecular complexity index is 412. The number of hydrogen-bond acceptors (Lipinski definition) is 3. The predicted octanol–water partition coefficient (Wildman–Crippen LogP) is 1.96. The first kappa shape index (κ1) is 14.3. The van der Waals surface area contributed by atoms with E-state index in [1.54, 1.807) is 4.90 Å². The van der Waals surface area contributed by atoms with Gasteiger partial charge in [-0.2, -0.15) is 0 Å². The minimum Gasteiger partial charge on any atom is -0.400 e. The van der Waals surface area contributed by atoms with Gasteiger partial charge in [-0.3, -0.25) is 4.79 Å². The zero-order valence-electron chi connectivity index (χ0n) is 12.2. The van der Waals surface area contributed by atoms with Crippen LogP contribution in [0.4, 0.5) is 0 Å². The van der Waals surface area contributed by atoms with E-state index in [1.807, 2.05) is 27.7 Å². The molecule has 0 aromatic rings. The number of carbonyl (C=O) groups excluding carboxylic acids is 1. The monoisotopic (exact) mass is 263 g/mol. The molecule has 0 saturated carbocycles. The maximum absolute atomic E-state index is 11.7. The SMILES string of the molecule is C=CC(=O)N1CCC=C(B2OC(C)(C)C(C)(C)O2)C1. The van der Waals surface area contributed by atoms with Crippen LogP contribution in [0.3, 0.4) is 0 Å². The third-order valence-electron chi connectivity index (χ3n) is 4.22. The van der Waals surface area contributed by atoms with Crippen molar-refractivity contribution in [3.8, 4) is 0 Å². The van der Waals surface area contributed by atoms with Crippen LogP contribution in [0.15, 0.2) is 24.2 Å². The summed E-state index contributed by atoms with van der Waals surface area (Å²) >= 11 is 0. The van der Waals surface area contributed by atoms with Crippen LogP contribution in [0.5, 0.6) is 0 Å². The summed E-state index contributed by atoms with van der Waals surface area (Å²) in [5.41, 5.74) is 0.340. The van der Waals surface area contributed by atoms with Gasteiger partial charge in [-0.1, -0.05) is 12.7 Å². The molecule has 0 aromatic carbocycles. The molecular formula is C14H22BNO3. The van der Waals surface area contributed by atoms with Crippen LogP contribution in [0.2, 0.25) is 0 Å². The fraction of sp³-hybridized carbons (Fsp3) is 0.643. The molecule has 0 aromatic heterocycles. The second kappa shape index (κ2) is 4.80. The van der Waals surface area contributed by atoms with Gasteiger partial charge < -0.3 is 14.2 Å². The number of amides is 1. The molecule has 2 heterocycles. The first-order valence-corrected chi connectivity index (χ1v) is 6.73. The van der Waals surface area contributed by atoms with Gasteiger partial charge in [0.2, 0.25) is 5.91 Å². The van der Waals surface area contributed by atoms with Crippen molar-refractivity contribution in [2.24, 2.45) is 0 Å². The summed E-state index contributed by atoms with van der Waals surface area (Å²) < 4.78 is 12.0. The average Bonchev–Trinajstić information content (AvgIpc) is 2.58. The first-order valence-electron chi connectivity index (χ1n) is 6.73. The van der Waals surface area contributed by atoms with Crippen molar-refractivity contribution in [3.63, 3.8) is 0 Å². The smallest absolute Gasteiger partial charge is 0.400 e. The predicted molar refractivity (Wildman–Crippen MR) is 75.6 cm³/mol. The molecule has 1 fully saturated rings. The molecule has 4 nitrogen and oxygen atoms in total. The van der Waals surface area contributed by atoms with Crippen LogP contribution in [0.25, 0.3) is 0 Å². The summed E-state index contributed by atoms with van der Waals surface area (Å²) in [4.78, 5) is 13.5. The lowest BCUT2D eigenvalue weighted by Gasteiger charge is -2.32. The van der Waals surface area contributed by atoms with Crippen LogP contribution in [-0.2, 0) is 14.1 Å². The van der Waals surface area contributed by atoms with Crippen molar-refractivity contribution in [2.45, 2.75) is 45.3 Å². The molecule has 1 amide bonds. The van der Waals surface area contributed by atoms with E-state index < -0.39 is 0 Å². The lowest BCUT2D eigenvalue weighted by molar-refractivity contribution is -0.125. The van der Waals surface area contributed by atoms with E-state index in [0.29, 0.717) is 6.54 Å². The van der Waals surface area contributed by atoms with Gasteiger partial charge in [-0.05, 0) is 45.7 Å². The lowest BCUT2D eigenvalue weighted by atomic mass is 9.76. The normalized spacial score (nSPS) is 25.2. The highest BCUT2D eigenvalue weighted by atomic mass is 16.7. The molecular weight excluding hydrogens is 241 g/mol. The Kier molecular flexibility index (Phi) is 3.62. The van der Waals surface area contributed by atoms with Crippen LogP contribution < -0.4 is 0 Å². The fourth-order valence-corrected chi connectivity index (χ4v) is 2.25. The van der Waals surface area contributed by atoms with E-state index in [9.17, 15) is 4.79 Å². The molecule has 5 heteroatoms. The highest BCUT2D eigenvalue weighted by molar-refractivity contribution is 6.54. The van der Waals surface area contributed by atoms with Gasteiger partial charge in [0.25, 0.3) is 0 Å². The molecule has 0 unspecified atom stereocenters. The van der Waals surface area contributed by atoms with Gasteiger partial charge in [-0.25, -0.2) is 0 Å². The Morgan fingerprint density at radius 2 is 1.95 bits per heavy atom. The number of nitrogens with zero attached hydrogens (tertiary/aromatic N) is 1. The number of carbonyl (C=O) groups is 1. The molecule has 2 rings (SSSR count). The molecule has 0 radical (unpaired) electrons. The summed E-state index contributed by atoms with van der Waals surface area (Å²) in [6.45, 7) is 12.9. The Balaban J connectivity index is 2.10. The summed E-state index contributed by atoms with van der Waals surface area (Å²) in [6.07, 6.45) is 4.31. The largest absolute Gasteiger partial charge is 0.492 e. The number of hydrogen-bond donors (Lipinski definition) is 0. The van der Waals surface area contributed by atoms with Crippen LogP contribution in [-0.4, -0.2) is 42.2 Å². The van der Waals surface area contributed by atoms with Gasteiger partial charge >= 0.3 is 7.12 Å². The zero-order chi connectivity index (χ0) is 14.3. The second-order valence-electron chi connectivity index (χ2n) is 6.12. The van der Waals surface area contributed by atoms with Crippen molar-refractivity contribution >= 4 is 13.0 Å². The quantitative estimate of drug-likeness (QED) is 0.564. The van der Waals surface area contributed by atoms with E-state index in [4.69, 9.17) is 9.31 Å². The zero-order valence-corrected chi connectivity index (χ0v) is 12.2. The highest BCUT2D eigenvalue weighted by Gasteiger charge is 2.52. The van der Waals surface area contributed by atoms with Crippen molar-refractivity contribution in [3.05, 3.63) is 24.2 Å². The number of rotatable bonds is 2. The standard InChI is InChI=1S/C14H22BNO3/c1-6-12(17)16-9-7-8-11(10-16)15-18-13(2,3)14(4,5)19-15/h6,8H,1,7,9-10H2,2-5H3. The van der Waals surface area contributed by atoms with Crippen molar-refractivity contribution < 1.29 is 14.1 Å². The topological polar surface area (TPSA) is 38.8 Å². The third kappa shape index (κ3) is 2.62. The molecule has 2 aliphatic rings. The van der Waals surface area contributed by atoms with Gasteiger partial charge in [0.15, 0.2) is 0 Å². The second-order valence-corrected chi connectivity index (χ2v) is 6.12. The van der Waals surface area contributed by atoms with Crippen LogP contribution in [0.1, 0.15) is 34.1 Å². The molecule has 1 saturated heterocycles. The van der Waals surface area contributed by atoms with E-state index in [2.05, 4.69) is 12.7 Å². The summed E-state index contributed by atoms with van der Waals surface area (Å²) in [7, 11) is -0.356. The lowest BCUT2D eigenvalue weighted by Crippen LogP contribution is -2.41. The van der Waals surface area contributed by atoms with Gasteiger partial charge in [0, 0.05) is 13.1 Å². The average molecular weight is 263 g/mol. The van der Waals surface area contributed by atoms with Crippen LogP contribution in [0, 0.1) is 0 Å². The Labute approximate surface area is 115 Å². The van der Waals surface area contributed by atoms with Crippen molar-refractivity contribution in [1.82, 2.24) is 4.90 Å². The summed E-state index contributed by atoms with van der Waals surface area (Å²) in [5, 5.41) is 0. The molecule has 0 spiro atoms. The minimum atomic E-state index is -0.356. The van der Waals surface area contributed by atoms with E-state index in [1.165, 1.54) is 6.08 Å². The molecule has 0 bridgehead atoms. The first-order chi connectivity index (χ1) is 8.77. The van der Waals surface area contributed by atoms with Gasteiger partial charge in [-0.15, -0.1) is 0 Å². The molecule has 0 atom stereocenters. The highest BCUT2D eigenvalue weighted by Crippen LogP contribution is 2.39. The van der Waals surface area contributed by atoms with E-state index >= 15 is 0 Å². The maximum atomic E-state index is 11.7. The van der Waals surface area contributed by atoms with Gasteiger partial charge in [0.1, 0.15) is 0 Å². The summed E-state index contributed by atoms with van der Waals surface area (Å²) in [5.74, 6) is -0.0397. The Morgan fingerprint density at radius 1 is 1.37 bits per heavy atom. The molecule has 0 aliphatic carbocycles. The fourth-order valence-electron chi connectivity index (χ4n) is 2.25. The van der Waals surface area contributed by atoms with E-state index in [-0.39, 0.29) is 24.2 Å². The summed E-state index contributed by atoms with van der Waals surface area (Å²) in [6, 6.07) is 0. The van der Waals surface area contributed by atoms with Crippen molar-refractivity contribution in [2.75, 3.05) is 13.1 Å². The Morgan fingerprint density at radius 3 is 2.47 bits per heavy atom. The molecule has 19 heavy (non-hydrogen) atoms. The van der Waals surface area contributed by atoms with E-state index in [0.717, 1.165) is 18.4 Å². The third-order valence-corrected chi connectivity index (χ3v) is 4.22. The minimum absolute atomic E-state index is 0.0397. The Hall–Kier alpha value is -1.07.